The predicted molar refractivity (Wildman–Crippen MR) is 76.7 cm³/mol. The van der Waals surface area contributed by atoms with E-state index in [-0.39, 0.29) is 0 Å². The molecular weight excluding hydrogens is 222 g/mol. The summed E-state index contributed by atoms with van der Waals surface area (Å²) >= 11 is 0. The average Bonchev–Trinajstić information content (AvgIpc) is 2.71. The number of nitrogens with one attached hydrogen (secondary N) is 1. The van der Waals surface area contributed by atoms with Crippen molar-refractivity contribution >= 4 is 0 Å². The highest BCUT2D eigenvalue weighted by molar-refractivity contribution is 4.91. The first-order chi connectivity index (χ1) is 8.60. The van der Waals surface area contributed by atoms with Crippen molar-refractivity contribution in [3.8, 4) is 0 Å². The molecule has 2 fully saturated rings. The summed E-state index contributed by atoms with van der Waals surface area (Å²) in [7, 11) is 0. The fourth-order valence-electron chi connectivity index (χ4n) is 4.24. The Bertz CT molecular complexity index is 245. The van der Waals surface area contributed by atoms with E-state index in [1.54, 1.807) is 0 Å². The summed E-state index contributed by atoms with van der Waals surface area (Å²) in [4.78, 5) is 0. The molecule has 1 aliphatic carbocycles. The van der Waals surface area contributed by atoms with Crippen molar-refractivity contribution in [1.29, 1.82) is 0 Å². The van der Waals surface area contributed by atoms with Crippen LogP contribution < -0.4 is 5.32 Å². The number of hydrogen-bond donors (Lipinski definition) is 1. The second kappa shape index (κ2) is 6.38. The Morgan fingerprint density at radius 1 is 1.06 bits per heavy atom. The molecule has 1 heterocycles. The maximum Gasteiger partial charge on any atom is 0.0735 e. The number of likely N-dealkylation sites (N-methyl/N-ethyl adjacent to an activating group) is 1. The molecule has 1 saturated carbocycles. The highest BCUT2D eigenvalue weighted by atomic mass is 16.5. The summed E-state index contributed by atoms with van der Waals surface area (Å²) in [5.74, 6) is 2.59. The summed E-state index contributed by atoms with van der Waals surface area (Å²) in [5.41, 5.74) is 0. The monoisotopic (exact) mass is 253 g/mol. The van der Waals surface area contributed by atoms with E-state index in [4.69, 9.17) is 4.74 Å². The van der Waals surface area contributed by atoms with Crippen LogP contribution >= 0.6 is 0 Å². The normalized spacial score (nSPS) is 43.0. The minimum atomic E-state index is 0.461. The molecule has 5 atom stereocenters. The Labute approximate surface area is 113 Å². The lowest BCUT2D eigenvalue weighted by Crippen LogP contribution is -2.47. The molecule has 5 unspecified atom stereocenters. The van der Waals surface area contributed by atoms with Gasteiger partial charge in [0.05, 0.1) is 12.2 Å². The minimum Gasteiger partial charge on any atom is -0.374 e. The zero-order valence-corrected chi connectivity index (χ0v) is 12.6. The van der Waals surface area contributed by atoms with Crippen LogP contribution in [0, 0.1) is 17.8 Å². The largest absolute Gasteiger partial charge is 0.374 e. The lowest BCUT2D eigenvalue weighted by atomic mass is 9.72. The fourth-order valence-corrected chi connectivity index (χ4v) is 4.24. The van der Waals surface area contributed by atoms with Gasteiger partial charge in [-0.3, -0.25) is 0 Å². The van der Waals surface area contributed by atoms with Gasteiger partial charge in [0.25, 0.3) is 0 Å². The third kappa shape index (κ3) is 3.48. The van der Waals surface area contributed by atoms with Gasteiger partial charge in [-0.25, -0.2) is 0 Å². The molecule has 1 saturated heterocycles. The molecular formula is C16H31NO. The predicted octanol–water partition coefficient (Wildman–Crippen LogP) is 3.60. The van der Waals surface area contributed by atoms with Gasteiger partial charge in [-0.15, -0.1) is 0 Å². The Morgan fingerprint density at radius 2 is 1.72 bits per heavy atom. The molecule has 2 heteroatoms. The van der Waals surface area contributed by atoms with Crippen molar-refractivity contribution in [3.63, 3.8) is 0 Å². The van der Waals surface area contributed by atoms with Gasteiger partial charge in [0.1, 0.15) is 0 Å². The summed E-state index contributed by atoms with van der Waals surface area (Å²) in [6, 6.07) is 0.588. The molecule has 2 nitrogen and oxygen atoms in total. The van der Waals surface area contributed by atoms with Crippen molar-refractivity contribution in [2.75, 3.05) is 6.54 Å². The van der Waals surface area contributed by atoms with Gasteiger partial charge in [0, 0.05) is 6.04 Å². The van der Waals surface area contributed by atoms with Crippen molar-refractivity contribution in [2.45, 2.75) is 78.0 Å². The van der Waals surface area contributed by atoms with Gasteiger partial charge in [0.2, 0.25) is 0 Å². The Balaban J connectivity index is 1.99. The Hall–Kier alpha value is -0.0800. The highest BCUT2D eigenvalue weighted by Gasteiger charge is 2.37. The van der Waals surface area contributed by atoms with Crippen LogP contribution in [0.2, 0.25) is 0 Å². The highest BCUT2D eigenvalue weighted by Crippen LogP contribution is 2.37. The van der Waals surface area contributed by atoms with E-state index in [2.05, 4.69) is 33.0 Å². The Kier molecular flexibility index (Phi) is 5.08. The number of ether oxygens (including phenoxy) is 1. The van der Waals surface area contributed by atoms with Gasteiger partial charge in [-0.2, -0.15) is 0 Å². The summed E-state index contributed by atoms with van der Waals surface area (Å²) in [5, 5.41) is 3.73. The standard InChI is InChI=1S/C16H31NO/c1-5-17-16(15-7-6-13(4)18-15)14-9-11(2)8-12(3)10-14/h11-17H,5-10H2,1-4H3. The van der Waals surface area contributed by atoms with E-state index in [0.29, 0.717) is 18.2 Å². The van der Waals surface area contributed by atoms with Crippen molar-refractivity contribution in [1.82, 2.24) is 5.32 Å². The maximum atomic E-state index is 6.14. The van der Waals surface area contributed by atoms with Gasteiger partial charge in [-0.05, 0) is 63.3 Å². The zero-order chi connectivity index (χ0) is 13.1. The van der Waals surface area contributed by atoms with Gasteiger partial charge < -0.3 is 10.1 Å². The van der Waals surface area contributed by atoms with Crippen LogP contribution in [0.15, 0.2) is 0 Å². The molecule has 106 valence electrons. The molecule has 0 radical (unpaired) electrons. The topological polar surface area (TPSA) is 21.3 Å². The minimum absolute atomic E-state index is 0.461. The number of rotatable bonds is 4. The molecule has 18 heavy (non-hydrogen) atoms. The SMILES string of the molecule is CCNC(C1CC(C)CC(C)C1)C1CCC(C)O1. The van der Waals surface area contributed by atoms with Gasteiger partial charge in [0.15, 0.2) is 0 Å². The molecule has 2 rings (SSSR count). The van der Waals surface area contributed by atoms with E-state index < -0.39 is 0 Å². The first-order valence-electron chi connectivity index (χ1n) is 7.99. The first-order valence-corrected chi connectivity index (χ1v) is 7.99. The second-order valence-corrected chi connectivity index (χ2v) is 6.82. The van der Waals surface area contributed by atoms with Crippen molar-refractivity contribution in [2.24, 2.45) is 17.8 Å². The molecule has 0 bridgehead atoms. The average molecular weight is 253 g/mol. The molecule has 2 aliphatic rings. The fraction of sp³-hybridized carbons (Fsp3) is 1.00. The van der Waals surface area contributed by atoms with Crippen LogP contribution in [-0.2, 0) is 4.74 Å². The molecule has 1 aliphatic heterocycles. The quantitative estimate of drug-likeness (QED) is 0.826. The summed E-state index contributed by atoms with van der Waals surface area (Å²) < 4.78 is 6.14. The molecule has 1 N–H and O–H groups in total. The van der Waals surface area contributed by atoms with Crippen molar-refractivity contribution < 1.29 is 4.74 Å². The zero-order valence-electron chi connectivity index (χ0n) is 12.6. The van der Waals surface area contributed by atoms with Crippen LogP contribution in [0.4, 0.5) is 0 Å². The molecule has 0 amide bonds. The van der Waals surface area contributed by atoms with E-state index in [9.17, 15) is 0 Å². The third-order valence-electron chi connectivity index (χ3n) is 4.83. The van der Waals surface area contributed by atoms with Crippen LogP contribution in [-0.4, -0.2) is 24.8 Å². The van der Waals surface area contributed by atoms with Crippen molar-refractivity contribution in [3.05, 3.63) is 0 Å². The third-order valence-corrected chi connectivity index (χ3v) is 4.83. The number of hydrogen-bond acceptors (Lipinski definition) is 2. The molecule has 0 aromatic rings. The van der Waals surface area contributed by atoms with E-state index in [0.717, 1.165) is 24.3 Å². The van der Waals surface area contributed by atoms with E-state index >= 15 is 0 Å². The summed E-state index contributed by atoms with van der Waals surface area (Å²) in [6.07, 6.45) is 7.60. The van der Waals surface area contributed by atoms with Crippen LogP contribution in [0.3, 0.4) is 0 Å². The van der Waals surface area contributed by atoms with E-state index in [1.165, 1.54) is 32.1 Å². The second-order valence-electron chi connectivity index (χ2n) is 6.82. The summed E-state index contributed by atoms with van der Waals surface area (Å²) in [6.45, 7) is 10.3. The van der Waals surface area contributed by atoms with Crippen LogP contribution in [0.25, 0.3) is 0 Å². The molecule has 0 spiro atoms. The Morgan fingerprint density at radius 3 is 2.22 bits per heavy atom. The van der Waals surface area contributed by atoms with Crippen LogP contribution in [0.5, 0.6) is 0 Å². The maximum absolute atomic E-state index is 6.14. The van der Waals surface area contributed by atoms with Gasteiger partial charge in [-0.1, -0.05) is 20.8 Å². The van der Waals surface area contributed by atoms with Gasteiger partial charge >= 0.3 is 0 Å². The van der Waals surface area contributed by atoms with Crippen LogP contribution in [0.1, 0.15) is 59.8 Å². The lowest BCUT2D eigenvalue weighted by Gasteiger charge is -2.39. The van der Waals surface area contributed by atoms with E-state index in [1.807, 2.05) is 0 Å². The first kappa shape index (κ1) is 14.3. The smallest absolute Gasteiger partial charge is 0.0735 e. The molecule has 0 aromatic carbocycles. The lowest BCUT2D eigenvalue weighted by molar-refractivity contribution is 0.00528. The molecule has 0 aromatic heterocycles.